The Labute approximate surface area is 194 Å². The maximum Gasteiger partial charge on any atom is 0.243 e. The number of amides is 2. The first-order chi connectivity index (χ1) is 15.9. The van der Waals surface area contributed by atoms with Crippen LogP contribution in [0, 0.1) is 0 Å². The largest absolute Gasteiger partial charge is 0.352 e. The van der Waals surface area contributed by atoms with Gasteiger partial charge in [-0.2, -0.15) is 4.31 Å². The van der Waals surface area contributed by atoms with Crippen molar-refractivity contribution in [1.82, 2.24) is 19.4 Å². The highest BCUT2D eigenvalue weighted by molar-refractivity contribution is 7.89. The number of carbonyl (C=O) groups excluding carboxylic acids is 2. The third-order valence-corrected chi connectivity index (χ3v) is 8.77. The van der Waals surface area contributed by atoms with Crippen LogP contribution in [0.1, 0.15) is 25.7 Å². The minimum absolute atomic E-state index is 0.0362. The van der Waals surface area contributed by atoms with Crippen molar-refractivity contribution >= 4 is 32.6 Å². The molecule has 5 rings (SSSR count). The molecule has 1 unspecified atom stereocenters. The number of sulfonamides is 1. The molecule has 0 bridgehead atoms. The average Bonchev–Trinajstić information content (AvgIpc) is 3.52. The van der Waals surface area contributed by atoms with Crippen LogP contribution in [0.3, 0.4) is 0 Å². The molecule has 1 atom stereocenters. The SMILES string of the molecule is O=C(NC1CC1)C1CCCN1CC(=O)N1CCN(S(=O)(=O)c2ccc3ccccc3c2)CC1. The smallest absolute Gasteiger partial charge is 0.243 e. The summed E-state index contributed by atoms with van der Waals surface area (Å²) in [6.45, 7) is 2.21. The van der Waals surface area contributed by atoms with E-state index >= 15 is 0 Å². The molecule has 2 heterocycles. The van der Waals surface area contributed by atoms with Crippen LogP contribution in [-0.4, -0.2) is 85.7 Å². The predicted molar refractivity (Wildman–Crippen MR) is 125 cm³/mol. The third kappa shape index (κ3) is 4.76. The first-order valence-electron chi connectivity index (χ1n) is 11.7. The molecule has 0 radical (unpaired) electrons. The molecule has 2 aliphatic heterocycles. The molecule has 2 aromatic rings. The lowest BCUT2D eigenvalue weighted by molar-refractivity contribution is -0.135. The topological polar surface area (TPSA) is 90.0 Å². The van der Waals surface area contributed by atoms with E-state index in [-0.39, 0.29) is 42.4 Å². The Balaban J connectivity index is 1.18. The van der Waals surface area contributed by atoms with E-state index in [1.54, 1.807) is 17.0 Å². The Morgan fingerprint density at radius 3 is 2.36 bits per heavy atom. The molecule has 1 aliphatic carbocycles. The fourth-order valence-electron chi connectivity index (χ4n) is 4.77. The normalized spacial score (nSPS) is 22.5. The zero-order valence-electron chi connectivity index (χ0n) is 18.7. The quantitative estimate of drug-likeness (QED) is 0.690. The van der Waals surface area contributed by atoms with Gasteiger partial charge in [-0.3, -0.25) is 14.5 Å². The van der Waals surface area contributed by atoms with Gasteiger partial charge in [-0.05, 0) is 55.1 Å². The summed E-state index contributed by atoms with van der Waals surface area (Å²) in [6, 6.07) is 12.9. The predicted octanol–water partition coefficient (Wildman–Crippen LogP) is 1.42. The number of nitrogens with zero attached hydrogens (tertiary/aromatic N) is 3. The average molecular weight is 471 g/mol. The van der Waals surface area contributed by atoms with Crippen LogP contribution in [0.5, 0.6) is 0 Å². The molecule has 3 aliphatic rings. The van der Waals surface area contributed by atoms with Gasteiger partial charge in [0.15, 0.2) is 0 Å². The molecule has 2 aromatic carbocycles. The first kappa shape index (κ1) is 22.3. The molecule has 1 saturated carbocycles. The lowest BCUT2D eigenvalue weighted by Gasteiger charge is -2.35. The van der Waals surface area contributed by atoms with Gasteiger partial charge in [0.2, 0.25) is 21.8 Å². The summed E-state index contributed by atoms with van der Waals surface area (Å²) in [4.78, 5) is 29.4. The lowest BCUT2D eigenvalue weighted by atomic mass is 10.1. The van der Waals surface area contributed by atoms with Crippen molar-refractivity contribution in [1.29, 1.82) is 0 Å². The van der Waals surface area contributed by atoms with Crippen LogP contribution in [0.25, 0.3) is 10.8 Å². The number of fused-ring (bicyclic) bond motifs is 1. The zero-order valence-corrected chi connectivity index (χ0v) is 19.5. The van der Waals surface area contributed by atoms with Gasteiger partial charge >= 0.3 is 0 Å². The summed E-state index contributed by atoms with van der Waals surface area (Å²) in [7, 11) is -3.62. The van der Waals surface area contributed by atoms with E-state index < -0.39 is 10.0 Å². The zero-order chi connectivity index (χ0) is 23.0. The highest BCUT2D eigenvalue weighted by Crippen LogP contribution is 2.24. The van der Waals surface area contributed by atoms with Gasteiger partial charge in [-0.25, -0.2) is 8.42 Å². The maximum absolute atomic E-state index is 13.2. The van der Waals surface area contributed by atoms with E-state index in [4.69, 9.17) is 0 Å². The molecule has 8 nitrogen and oxygen atoms in total. The second-order valence-electron chi connectivity index (χ2n) is 9.21. The number of benzene rings is 2. The number of hydrogen-bond acceptors (Lipinski definition) is 5. The van der Waals surface area contributed by atoms with E-state index in [1.807, 2.05) is 35.2 Å². The van der Waals surface area contributed by atoms with Crippen LogP contribution < -0.4 is 5.32 Å². The second-order valence-corrected chi connectivity index (χ2v) is 11.1. The van der Waals surface area contributed by atoms with E-state index in [1.165, 1.54) is 4.31 Å². The van der Waals surface area contributed by atoms with Crippen LogP contribution in [0.15, 0.2) is 47.4 Å². The standard InChI is InChI=1S/C24H30N4O4S/c29-23(17-27-11-3-6-22(27)24(30)25-20-8-9-20)26-12-14-28(15-13-26)33(31,32)21-10-7-18-4-1-2-5-19(18)16-21/h1-2,4-5,7,10,16,20,22H,3,6,8-9,11-15,17H2,(H,25,30). The molecule has 176 valence electrons. The highest BCUT2D eigenvalue weighted by Gasteiger charge is 2.36. The van der Waals surface area contributed by atoms with Crippen LogP contribution in [0.4, 0.5) is 0 Å². The summed E-state index contributed by atoms with van der Waals surface area (Å²) < 4.78 is 27.8. The first-order valence-corrected chi connectivity index (χ1v) is 13.2. The monoisotopic (exact) mass is 470 g/mol. The Kier molecular flexibility index (Phi) is 6.11. The molecule has 3 fully saturated rings. The minimum atomic E-state index is -3.62. The van der Waals surface area contributed by atoms with Gasteiger partial charge in [0.05, 0.1) is 17.5 Å². The van der Waals surface area contributed by atoms with Crippen molar-refractivity contribution in [3.63, 3.8) is 0 Å². The highest BCUT2D eigenvalue weighted by atomic mass is 32.2. The van der Waals surface area contributed by atoms with E-state index in [9.17, 15) is 18.0 Å². The Bertz CT molecular complexity index is 1160. The van der Waals surface area contributed by atoms with Gasteiger partial charge < -0.3 is 10.2 Å². The molecule has 9 heteroatoms. The van der Waals surface area contributed by atoms with E-state index in [2.05, 4.69) is 5.32 Å². The van der Waals surface area contributed by atoms with Gasteiger partial charge in [-0.1, -0.05) is 30.3 Å². The Hall–Kier alpha value is -2.49. The van der Waals surface area contributed by atoms with Crippen molar-refractivity contribution < 1.29 is 18.0 Å². The maximum atomic E-state index is 13.2. The van der Waals surface area contributed by atoms with Gasteiger partial charge in [0.25, 0.3) is 0 Å². The molecule has 1 N–H and O–H groups in total. The summed E-state index contributed by atoms with van der Waals surface area (Å²) >= 11 is 0. The van der Waals surface area contributed by atoms with Gasteiger partial charge in [0.1, 0.15) is 0 Å². The van der Waals surface area contributed by atoms with Crippen molar-refractivity contribution in [2.24, 2.45) is 0 Å². The van der Waals surface area contributed by atoms with Crippen LogP contribution in [0.2, 0.25) is 0 Å². The van der Waals surface area contributed by atoms with Gasteiger partial charge in [0, 0.05) is 32.2 Å². The van der Waals surface area contributed by atoms with Crippen molar-refractivity contribution in [2.75, 3.05) is 39.3 Å². The number of likely N-dealkylation sites (tertiary alicyclic amines) is 1. The third-order valence-electron chi connectivity index (χ3n) is 6.88. The molecule has 0 spiro atoms. The molecule has 2 amide bonds. The van der Waals surface area contributed by atoms with E-state index in [0.717, 1.165) is 43.0 Å². The number of piperazine rings is 1. The van der Waals surface area contributed by atoms with Gasteiger partial charge in [-0.15, -0.1) is 0 Å². The Morgan fingerprint density at radius 2 is 1.64 bits per heavy atom. The molecule has 2 saturated heterocycles. The second kappa shape index (κ2) is 9.04. The summed E-state index contributed by atoms with van der Waals surface area (Å²) in [6.07, 6.45) is 3.78. The lowest BCUT2D eigenvalue weighted by Crippen LogP contribution is -2.54. The number of carbonyl (C=O) groups is 2. The van der Waals surface area contributed by atoms with Crippen LogP contribution >= 0.6 is 0 Å². The van der Waals surface area contributed by atoms with Crippen molar-refractivity contribution in [2.45, 2.75) is 42.7 Å². The van der Waals surface area contributed by atoms with Crippen molar-refractivity contribution in [3.8, 4) is 0 Å². The molecule has 33 heavy (non-hydrogen) atoms. The summed E-state index contributed by atoms with van der Waals surface area (Å²) in [5.74, 6) is -0.00188. The van der Waals surface area contributed by atoms with E-state index in [0.29, 0.717) is 19.1 Å². The fraction of sp³-hybridized carbons (Fsp3) is 0.500. The minimum Gasteiger partial charge on any atom is -0.352 e. The molecular weight excluding hydrogens is 440 g/mol. The fourth-order valence-corrected chi connectivity index (χ4v) is 6.22. The van der Waals surface area contributed by atoms with Crippen molar-refractivity contribution in [3.05, 3.63) is 42.5 Å². The number of nitrogens with one attached hydrogen (secondary N) is 1. The number of rotatable bonds is 6. The van der Waals surface area contributed by atoms with Crippen LogP contribution in [-0.2, 0) is 19.6 Å². The summed E-state index contributed by atoms with van der Waals surface area (Å²) in [5.41, 5.74) is 0. The Morgan fingerprint density at radius 1 is 0.909 bits per heavy atom. The summed E-state index contributed by atoms with van der Waals surface area (Å²) in [5, 5.41) is 4.93. The molecule has 0 aromatic heterocycles. The number of hydrogen-bond donors (Lipinski definition) is 1. The molecular formula is C24H30N4O4S.